The van der Waals surface area contributed by atoms with Gasteiger partial charge in [0.1, 0.15) is 0 Å². The molecule has 0 aliphatic carbocycles. The number of hydrogen-bond donors (Lipinski definition) is 0. The van der Waals surface area contributed by atoms with Gasteiger partial charge in [-0.1, -0.05) is 29.4 Å². The molecule has 0 saturated heterocycles. The lowest BCUT2D eigenvalue weighted by Gasteiger charge is -1.99. The van der Waals surface area contributed by atoms with Gasteiger partial charge >= 0.3 is 0 Å². The molecule has 0 aliphatic rings. The maximum atomic E-state index is 5.68. The number of ether oxygens (including phenoxy) is 1. The maximum Gasteiger partial charge on any atom is 0.188 e. The van der Waals surface area contributed by atoms with Crippen LogP contribution in [-0.4, -0.2) is 22.8 Å². The monoisotopic (exact) mass is 230 g/mol. The summed E-state index contributed by atoms with van der Waals surface area (Å²) in [6.07, 6.45) is 5.21. The Balaban J connectivity index is 2.48. The van der Waals surface area contributed by atoms with Crippen molar-refractivity contribution in [3.05, 3.63) is 23.5 Å². The Kier molecular flexibility index (Phi) is 4.76. The van der Waals surface area contributed by atoms with Crippen LogP contribution in [0.5, 0.6) is 5.75 Å². The van der Waals surface area contributed by atoms with E-state index in [-0.39, 0.29) is 0 Å². The fraction of sp³-hybridized carbons (Fsp3) is 0.333. The molecule has 0 radical (unpaired) electrons. The van der Waals surface area contributed by atoms with Crippen molar-refractivity contribution in [2.75, 3.05) is 12.9 Å². The second-order valence-corrected chi connectivity index (χ2v) is 4.09. The molecule has 76 valence electrons. The summed E-state index contributed by atoms with van der Waals surface area (Å²) in [5, 5.41) is 1.51. The van der Waals surface area contributed by atoms with E-state index in [1.54, 1.807) is 19.5 Å². The van der Waals surface area contributed by atoms with Crippen molar-refractivity contribution in [2.24, 2.45) is 0 Å². The molecule has 0 aromatic carbocycles. The van der Waals surface area contributed by atoms with E-state index in [1.165, 1.54) is 11.8 Å². The van der Waals surface area contributed by atoms with Gasteiger partial charge in [-0.3, -0.25) is 0 Å². The minimum atomic E-state index is 0.665. The lowest BCUT2D eigenvalue weighted by atomic mass is 10.6. The molecule has 1 heterocycles. The van der Waals surface area contributed by atoms with Crippen LogP contribution in [0.1, 0.15) is 6.92 Å². The molecule has 0 spiro atoms. The normalized spacial score (nSPS) is 11.5. The van der Waals surface area contributed by atoms with E-state index in [9.17, 15) is 0 Å². The molecule has 1 rings (SSSR count). The number of allylic oxidation sites excluding steroid dienone is 1. The molecule has 1 aromatic heterocycles. The number of rotatable bonds is 4. The predicted octanol–water partition coefficient (Wildman–Crippen LogP) is 2.72. The van der Waals surface area contributed by atoms with Crippen LogP contribution in [-0.2, 0) is 0 Å². The van der Waals surface area contributed by atoms with Crippen LogP contribution >= 0.6 is 23.4 Å². The zero-order valence-corrected chi connectivity index (χ0v) is 9.60. The number of aromatic nitrogens is 2. The van der Waals surface area contributed by atoms with Crippen LogP contribution < -0.4 is 4.74 Å². The third kappa shape index (κ3) is 3.98. The number of hydrogen-bond acceptors (Lipinski definition) is 4. The molecule has 0 atom stereocenters. The van der Waals surface area contributed by atoms with Gasteiger partial charge in [-0.25, -0.2) is 9.97 Å². The summed E-state index contributed by atoms with van der Waals surface area (Å²) >= 11 is 7.21. The highest BCUT2D eigenvalue weighted by molar-refractivity contribution is 7.99. The Morgan fingerprint density at radius 3 is 2.71 bits per heavy atom. The van der Waals surface area contributed by atoms with Crippen molar-refractivity contribution in [2.45, 2.75) is 12.1 Å². The molecule has 0 amide bonds. The van der Waals surface area contributed by atoms with Crippen LogP contribution in [0, 0.1) is 0 Å². The highest BCUT2D eigenvalue weighted by atomic mass is 35.5. The highest BCUT2D eigenvalue weighted by Gasteiger charge is 1.96. The molecular formula is C9H11ClN2OS. The summed E-state index contributed by atoms with van der Waals surface area (Å²) in [5.41, 5.74) is 0. The molecule has 5 heteroatoms. The Bertz CT molecular complexity index is 309. The molecule has 0 fully saturated rings. The SMILES string of the molecule is COc1cnc(SCC=C(C)Cl)nc1. The summed E-state index contributed by atoms with van der Waals surface area (Å²) in [4.78, 5) is 8.20. The quantitative estimate of drug-likeness (QED) is 0.589. The first-order chi connectivity index (χ1) is 6.72. The Morgan fingerprint density at radius 2 is 2.21 bits per heavy atom. The first-order valence-electron chi connectivity index (χ1n) is 4.03. The first-order valence-corrected chi connectivity index (χ1v) is 5.40. The number of methoxy groups -OCH3 is 1. The van der Waals surface area contributed by atoms with Gasteiger partial charge in [0.05, 0.1) is 19.5 Å². The second kappa shape index (κ2) is 5.88. The van der Waals surface area contributed by atoms with E-state index in [2.05, 4.69) is 9.97 Å². The highest BCUT2D eigenvalue weighted by Crippen LogP contribution is 2.15. The predicted molar refractivity (Wildman–Crippen MR) is 58.9 cm³/mol. The smallest absolute Gasteiger partial charge is 0.188 e. The van der Waals surface area contributed by atoms with Crippen molar-refractivity contribution in [1.82, 2.24) is 9.97 Å². The molecule has 1 aromatic rings. The third-order valence-electron chi connectivity index (χ3n) is 1.42. The molecule has 0 N–H and O–H groups in total. The molecule has 14 heavy (non-hydrogen) atoms. The van der Waals surface area contributed by atoms with Gasteiger partial charge in [0.2, 0.25) is 0 Å². The van der Waals surface area contributed by atoms with E-state index < -0.39 is 0 Å². The van der Waals surface area contributed by atoms with Crippen molar-refractivity contribution >= 4 is 23.4 Å². The summed E-state index contributed by atoms with van der Waals surface area (Å²) < 4.78 is 4.94. The minimum Gasteiger partial charge on any atom is -0.494 e. The summed E-state index contributed by atoms with van der Waals surface area (Å²) in [5.74, 6) is 1.44. The van der Waals surface area contributed by atoms with Gasteiger partial charge in [0.15, 0.2) is 10.9 Å². The number of nitrogens with zero attached hydrogens (tertiary/aromatic N) is 2. The Hall–Kier alpha value is -0.740. The summed E-state index contributed by atoms with van der Waals surface area (Å²) in [6.45, 7) is 1.84. The second-order valence-electron chi connectivity index (χ2n) is 2.51. The van der Waals surface area contributed by atoms with E-state index >= 15 is 0 Å². The van der Waals surface area contributed by atoms with Gasteiger partial charge in [0, 0.05) is 10.8 Å². The van der Waals surface area contributed by atoms with Gasteiger partial charge in [-0.05, 0) is 6.92 Å². The lowest BCUT2D eigenvalue weighted by molar-refractivity contribution is 0.409. The molecule has 0 bridgehead atoms. The fourth-order valence-corrected chi connectivity index (χ4v) is 1.62. The van der Waals surface area contributed by atoms with Crippen LogP contribution in [0.4, 0.5) is 0 Å². The average Bonchev–Trinajstić information content (AvgIpc) is 2.18. The van der Waals surface area contributed by atoms with Gasteiger partial charge < -0.3 is 4.74 Å². The molecule has 0 unspecified atom stereocenters. The van der Waals surface area contributed by atoms with E-state index in [1.807, 2.05) is 13.0 Å². The summed E-state index contributed by atoms with van der Waals surface area (Å²) in [7, 11) is 1.59. The van der Waals surface area contributed by atoms with E-state index in [4.69, 9.17) is 16.3 Å². The third-order valence-corrected chi connectivity index (χ3v) is 2.37. The standard InChI is InChI=1S/C9H11ClN2OS/c1-7(10)3-4-14-9-11-5-8(13-2)6-12-9/h3,5-6H,4H2,1-2H3. The average molecular weight is 231 g/mol. The van der Waals surface area contributed by atoms with Crippen molar-refractivity contribution in [3.63, 3.8) is 0 Å². The lowest BCUT2D eigenvalue weighted by Crippen LogP contribution is -1.89. The van der Waals surface area contributed by atoms with Crippen molar-refractivity contribution in [3.8, 4) is 5.75 Å². The zero-order valence-electron chi connectivity index (χ0n) is 8.03. The van der Waals surface area contributed by atoms with Gasteiger partial charge in [-0.2, -0.15) is 0 Å². The topological polar surface area (TPSA) is 35.0 Å². The van der Waals surface area contributed by atoms with Crippen LogP contribution in [0.15, 0.2) is 28.7 Å². The molecule has 3 nitrogen and oxygen atoms in total. The van der Waals surface area contributed by atoms with Crippen LogP contribution in [0.25, 0.3) is 0 Å². The molecule has 0 saturated carbocycles. The van der Waals surface area contributed by atoms with E-state index in [0.717, 1.165) is 15.9 Å². The van der Waals surface area contributed by atoms with Crippen molar-refractivity contribution < 1.29 is 4.74 Å². The van der Waals surface area contributed by atoms with Crippen LogP contribution in [0.2, 0.25) is 0 Å². The number of halogens is 1. The number of thioether (sulfide) groups is 1. The Morgan fingerprint density at radius 1 is 1.57 bits per heavy atom. The van der Waals surface area contributed by atoms with Crippen LogP contribution in [0.3, 0.4) is 0 Å². The fourth-order valence-electron chi connectivity index (χ4n) is 0.715. The molecular weight excluding hydrogens is 220 g/mol. The van der Waals surface area contributed by atoms with Crippen molar-refractivity contribution in [1.29, 1.82) is 0 Å². The van der Waals surface area contributed by atoms with Gasteiger partial charge in [0.25, 0.3) is 0 Å². The Labute approximate surface area is 92.5 Å². The largest absolute Gasteiger partial charge is 0.494 e. The maximum absolute atomic E-state index is 5.68. The zero-order chi connectivity index (χ0) is 10.4. The minimum absolute atomic E-state index is 0.665. The summed E-state index contributed by atoms with van der Waals surface area (Å²) in [6, 6.07) is 0. The van der Waals surface area contributed by atoms with E-state index in [0.29, 0.717) is 5.75 Å². The molecule has 0 aliphatic heterocycles. The van der Waals surface area contributed by atoms with Gasteiger partial charge in [-0.15, -0.1) is 0 Å². The first kappa shape index (κ1) is 11.3.